The number of carbonyl (C=O) groups is 2. The van der Waals surface area contributed by atoms with Gasteiger partial charge in [-0.15, -0.1) is 0 Å². The third-order valence-corrected chi connectivity index (χ3v) is 3.61. The van der Waals surface area contributed by atoms with Crippen LogP contribution in [-0.4, -0.2) is 23.1 Å². The fraction of sp³-hybridized carbons (Fsp3) is 0.467. The summed E-state index contributed by atoms with van der Waals surface area (Å²) in [6.45, 7) is 3.85. The molecule has 2 rings (SSSR count). The first kappa shape index (κ1) is 14.4. The quantitative estimate of drug-likeness (QED) is 0.773. The predicted octanol–water partition coefficient (Wildman–Crippen LogP) is 3.00. The molecule has 1 aromatic rings. The largest absolute Gasteiger partial charge is 0.478 e. The number of aryl methyl sites for hydroxylation is 1. The Bertz CT molecular complexity index is 528. The molecule has 2 atom stereocenters. The maximum Gasteiger partial charge on any atom is 0.335 e. The van der Waals surface area contributed by atoms with Gasteiger partial charge in [-0.1, -0.05) is 13.3 Å². The van der Waals surface area contributed by atoms with Crippen LogP contribution in [0.4, 0.5) is 10.5 Å². The molecule has 1 saturated carbocycles. The molecule has 1 fully saturated rings. The van der Waals surface area contributed by atoms with E-state index in [1.807, 2.05) is 0 Å². The van der Waals surface area contributed by atoms with E-state index < -0.39 is 5.97 Å². The SMILES string of the molecule is CCCC1CC1NC(=O)Nc1ccc(C(=O)O)c(C)c1. The molecule has 108 valence electrons. The summed E-state index contributed by atoms with van der Waals surface area (Å²) in [4.78, 5) is 22.7. The predicted molar refractivity (Wildman–Crippen MR) is 77.1 cm³/mol. The number of carboxylic acids is 1. The third kappa shape index (κ3) is 3.50. The van der Waals surface area contributed by atoms with Crippen molar-refractivity contribution < 1.29 is 14.7 Å². The van der Waals surface area contributed by atoms with Crippen molar-refractivity contribution in [2.45, 2.75) is 39.2 Å². The van der Waals surface area contributed by atoms with Gasteiger partial charge in [0.15, 0.2) is 0 Å². The second-order valence-corrected chi connectivity index (χ2v) is 5.32. The smallest absolute Gasteiger partial charge is 0.335 e. The summed E-state index contributed by atoms with van der Waals surface area (Å²) >= 11 is 0. The Balaban J connectivity index is 1.89. The highest BCUT2D eigenvalue weighted by atomic mass is 16.4. The summed E-state index contributed by atoms with van der Waals surface area (Å²) in [5, 5.41) is 14.6. The number of carbonyl (C=O) groups excluding carboxylic acids is 1. The molecule has 2 amide bonds. The van der Waals surface area contributed by atoms with Crippen LogP contribution in [0.15, 0.2) is 18.2 Å². The number of rotatable bonds is 5. The van der Waals surface area contributed by atoms with Crippen LogP contribution in [0.2, 0.25) is 0 Å². The van der Waals surface area contributed by atoms with Crippen molar-refractivity contribution in [3.63, 3.8) is 0 Å². The van der Waals surface area contributed by atoms with Crippen molar-refractivity contribution in [1.82, 2.24) is 5.32 Å². The van der Waals surface area contributed by atoms with Gasteiger partial charge in [-0.05, 0) is 49.4 Å². The van der Waals surface area contributed by atoms with Crippen LogP contribution in [0.3, 0.4) is 0 Å². The van der Waals surface area contributed by atoms with Crippen LogP contribution in [0, 0.1) is 12.8 Å². The maximum atomic E-state index is 11.8. The fourth-order valence-electron chi connectivity index (χ4n) is 2.43. The number of hydrogen-bond donors (Lipinski definition) is 3. The second-order valence-electron chi connectivity index (χ2n) is 5.32. The van der Waals surface area contributed by atoms with Gasteiger partial charge in [0.25, 0.3) is 0 Å². The molecular weight excluding hydrogens is 256 g/mol. The lowest BCUT2D eigenvalue weighted by Gasteiger charge is -2.09. The Morgan fingerprint density at radius 2 is 2.15 bits per heavy atom. The van der Waals surface area contributed by atoms with Crippen molar-refractivity contribution >= 4 is 17.7 Å². The molecule has 1 aromatic carbocycles. The second kappa shape index (κ2) is 5.94. The molecule has 20 heavy (non-hydrogen) atoms. The molecule has 1 aliphatic rings. The van der Waals surface area contributed by atoms with Gasteiger partial charge in [0, 0.05) is 11.7 Å². The molecule has 2 unspecified atom stereocenters. The molecule has 5 nitrogen and oxygen atoms in total. The normalized spacial score (nSPS) is 20.3. The topological polar surface area (TPSA) is 78.4 Å². The minimum Gasteiger partial charge on any atom is -0.478 e. The number of anilines is 1. The molecule has 5 heteroatoms. The van der Waals surface area contributed by atoms with Crippen molar-refractivity contribution in [3.8, 4) is 0 Å². The van der Waals surface area contributed by atoms with E-state index in [1.165, 1.54) is 6.07 Å². The van der Waals surface area contributed by atoms with Crippen molar-refractivity contribution in [2.24, 2.45) is 5.92 Å². The highest BCUT2D eigenvalue weighted by Gasteiger charge is 2.37. The molecule has 0 bridgehead atoms. The van der Waals surface area contributed by atoms with E-state index in [2.05, 4.69) is 17.6 Å². The summed E-state index contributed by atoms with van der Waals surface area (Å²) in [6.07, 6.45) is 3.34. The van der Waals surface area contributed by atoms with Crippen molar-refractivity contribution in [3.05, 3.63) is 29.3 Å². The number of benzene rings is 1. The van der Waals surface area contributed by atoms with Crippen LogP contribution >= 0.6 is 0 Å². The first-order valence-electron chi connectivity index (χ1n) is 6.92. The van der Waals surface area contributed by atoms with Gasteiger partial charge in [0.2, 0.25) is 0 Å². The van der Waals surface area contributed by atoms with Crippen LogP contribution in [0.25, 0.3) is 0 Å². The Hall–Kier alpha value is -2.04. The zero-order chi connectivity index (χ0) is 14.7. The number of urea groups is 1. The van der Waals surface area contributed by atoms with Crippen molar-refractivity contribution in [2.75, 3.05) is 5.32 Å². The Morgan fingerprint density at radius 1 is 1.40 bits per heavy atom. The summed E-state index contributed by atoms with van der Waals surface area (Å²) in [7, 11) is 0. The van der Waals surface area contributed by atoms with E-state index in [1.54, 1.807) is 19.1 Å². The van der Waals surface area contributed by atoms with Crippen LogP contribution in [-0.2, 0) is 0 Å². The molecule has 0 heterocycles. The molecule has 3 N–H and O–H groups in total. The molecular formula is C15H20N2O3. The van der Waals surface area contributed by atoms with Gasteiger partial charge >= 0.3 is 12.0 Å². The van der Waals surface area contributed by atoms with Gasteiger partial charge in [-0.2, -0.15) is 0 Å². The fourth-order valence-corrected chi connectivity index (χ4v) is 2.43. The van der Waals surface area contributed by atoms with Crippen LogP contribution < -0.4 is 10.6 Å². The highest BCUT2D eigenvalue weighted by molar-refractivity contribution is 5.93. The average molecular weight is 276 g/mol. The maximum absolute atomic E-state index is 11.8. The van der Waals surface area contributed by atoms with E-state index in [9.17, 15) is 9.59 Å². The van der Waals surface area contributed by atoms with Gasteiger partial charge in [-0.25, -0.2) is 9.59 Å². The van der Waals surface area contributed by atoms with E-state index >= 15 is 0 Å². The first-order chi connectivity index (χ1) is 9.51. The third-order valence-electron chi connectivity index (χ3n) is 3.61. The number of aromatic carboxylic acids is 1. The van der Waals surface area contributed by atoms with Gasteiger partial charge < -0.3 is 15.7 Å². The van der Waals surface area contributed by atoms with Crippen LogP contribution in [0.5, 0.6) is 0 Å². The van der Waals surface area contributed by atoms with Crippen LogP contribution in [0.1, 0.15) is 42.1 Å². The van der Waals surface area contributed by atoms with Crippen molar-refractivity contribution in [1.29, 1.82) is 0 Å². The van der Waals surface area contributed by atoms with E-state index in [4.69, 9.17) is 5.11 Å². The first-order valence-corrected chi connectivity index (χ1v) is 6.92. The van der Waals surface area contributed by atoms with E-state index in [0.717, 1.165) is 19.3 Å². The molecule has 0 radical (unpaired) electrons. The monoisotopic (exact) mass is 276 g/mol. The molecule has 0 saturated heterocycles. The number of nitrogens with one attached hydrogen (secondary N) is 2. The zero-order valence-corrected chi connectivity index (χ0v) is 11.8. The number of hydrogen-bond acceptors (Lipinski definition) is 2. The summed E-state index contributed by atoms with van der Waals surface area (Å²) in [5.41, 5.74) is 1.49. The molecule has 0 aliphatic heterocycles. The highest BCUT2D eigenvalue weighted by Crippen LogP contribution is 2.34. The lowest BCUT2D eigenvalue weighted by molar-refractivity contribution is 0.0696. The summed E-state index contributed by atoms with van der Waals surface area (Å²) < 4.78 is 0. The average Bonchev–Trinajstić information content (AvgIpc) is 3.06. The zero-order valence-electron chi connectivity index (χ0n) is 11.8. The Labute approximate surface area is 118 Å². The Morgan fingerprint density at radius 3 is 2.75 bits per heavy atom. The van der Waals surface area contributed by atoms with Gasteiger partial charge in [0.1, 0.15) is 0 Å². The van der Waals surface area contributed by atoms with Gasteiger partial charge in [-0.3, -0.25) is 0 Å². The standard InChI is InChI=1S/C15H20N2O3/c1-3-4-10-8-13(10)17-15(20)16-11-5-6-12(14(18)19)9(2)7-11/h5-7,10,13H,3-4,8H2,1-2H3,(H,18,19)(H2,16,17,20). The number of carboxylic acid groups (broad SMARTS) is 1. The minimum absolute atomic E-state index is 0.226. The number of amides is 2. The van der Waals surface area contributed by atoms with E-state index in [0.29, 0.717) is 17.2 Å². The van der Waals surface area contributed by atoms with Gasteiger partial charge in [0.05, 0.1) is 5.56 Å². The summed E-state index contributed by atoms with van der Waals surface area (Å²) in [5.74, 6) is -0.347. The lowest BCUT2D eigenvalue weighted by Crippen LogP contribution is -2.31. The minimum atomic E-state index is -0.959. The lowest BCUT2D eigenvalue weighted by atomic mass is 10.1. The summed E-state index contributed by atoms with van der Waals surface area (Å²) in [6, 6.07) is 4.83. The molecule has 0 spiro atoms. The van der Waals surface area contributed by atoms with E-state index in [-0.39, 0.29) is 17.6 Å². The Kier molecular flexibility index (Phi) is 4.27. The molecule has 1 aliphatic carbocycles. The molecule has 0 aromatic heterocycles.